The molecule has 0 heterocycles. The van der Waals surface area contributed by atoms with Gasteiger partial charge in [0, 0.05) is 20.4 Å². The van der Waals surface area contributed by atoms with E-state index < -0.39 is 0 Å². The summed E-state index contributed by atoms with van der Waals surface area (Å²) >= 11 is 0. The van der Waals surface area contributed by atoms with Crippen LogP contribution in [0.5, 0.6) is 0 Å². The van der Waals surface area contributed by atoms with Crippen molar-refractivity contribution in [1.82, 2.24) is 0 Å². The molecule has 0 aliphatic heterocycles. The van der Waals surface area contributed by atoms with Crippen molar-refractivity contribution >= 4 is 6.79 Å². The minimum absolute atomic E-state index is 0. The Morgan fingerprint density at radius 3 is 1.62 bits per heavy atom. The molecule has 1 rings (SSSR count). The quantitative estimate of drug-likeness (QED) is 0.514. The average Bonchev–Trinajstić information content (AvgIpc) is 2.23. The molecule has 0 unspecified atom stereocenters. The second-order valence-electron chi connectivity index (χ2n) is 0.962. The molecule has 8 heavy (non-hydrogen) atoms. The molecule has 1 nitrogen and oxygen atoms in total. The van der Waals surface area contributed by atoms with Crippen molar-refractivity contribution < 1.29 is 25.2 Å². The van der Waals surface area contributed by atoms with Crippen LogP contribution >= 0.6 is 0 Å². The Morgan fingerprint density at radius 1 is 1.12 bits per heavy atom. The predicted octanol–water partition coefficient (Wildman–Crippen LogP) is 1.13. The molecule has 0 fully saturated rings. The van der Waals surface area contributed by atoms with E-state index in [1.165, 1.54) is 0 Å². The summed E-state index contributed by atoms with van der Waals surface area (Å²) in [6.45, 7) is 3.25. The summed E-state index contributed by atoms with van der Waals surface area (Å²) in [7, 11) is 0. The molecular weight excluding hydrogens is 274 g/mol. The third kappa shape index (κ3) is 5.68. The smallest absolute Gasteiger partial charge is 0 e. The first kappa shape index (κ1) is 10.6. The summed E-state index contributed by atoms with van der Waals surface area (Å²) in [4.78, 5) is 7.75. The molecule has 0 saturated carbocycles. The predicted molar refractivity (Wildman–Crippen MR) is 28.8 cm³/mol. The van der Waals surface area contributed by atoms with Crippen molar-refractivity contribution in [2.24, 2.45) is 0 Å². The first-order valence-electron chi connectivity index (χ1n) is 1.90. The van der Waals surface area contributed by atoms with Gasteiger partial charge in [-0.2, -0.15) is 18.2 Å². The normalized spacial score (nSPS) is 5.50. The van der Waals surface area contributed by atoms with Gasteiger partial charge in [0.2, 0.25) is 0 Å². The molecular formula is C6H6ORe-2. The van der Waals surface area contributed by atoms with E-state index in [9.17, 15) is 0 Å². The van der Waals surface area contributed by atoms with Gasteiger partial charge in [0.25, 0.3) is 0 Å². The molecule has 45 valence electrons. The van der Waals surface area contributed by atoms with Gasteiger partial charge < -0.3 is 4.79 Å². The van der Waals surface area contributed by atoms with Crippen LogP contribution in [-0.2, 0) is 25.2 Å². The van der Waals surface area contributed by atoms with Gasteiger partial charge in [-0.1, -0.05) is 0 Å². The average molecular weight is 280 g/mol. The Kier molecular flexibility index (Phi) is 13.1. The summed E-state index contributed by atoms with van der Waals surface area (Å²) < 4.78 is 0. The van der Waals surface area contributed by atoms with E-state index in [1.54, 1.807) is 0 Å². The Bertz CT molecular complexity index is 75.4. The third-order valence-corrected chi connectivity index (χ3v) is 0.556. The van der Waals surface area contributed by atoms with Crippen molar-refractivity contribution in [3.8, 4) is 0 Å². The molecule has 1 aromatic rings. The van der Waals surface area contributed by atoms with Gasteiger partial charge >= 0.3 is 0 Å². The maximum atomic E-state index is 7.75. The zero-order valence-corrected chi connectivity index (χ0v) is 6.97. The fourth-order valence-electron chi connectivity index (χ4n) is 0.321. The Labute approximate surface area is 62.7 Å². The summed E-state index contributed by atoms with van der Waals surface area (Å²) in [6, 6.07) is 10.0. The van der Waals surface area contributed by atoms with Gasteiger partial charge in [-0.05, 0) is 0 Å². The van der Waals surface area contributed by atoms with E-state index in [-0.39, 0.29) is 20.4 Å². The van der Waals surface area contributed by atoms with E-state index in [0.29, 0.717) is 0 Å². The SMILES string of the molecule is [CH-]=O.[Re].c1cc[cH-]c1. The van der Waals surface area contributed by atoms with Crippen LogP contribution in [0.15, 0.2) is 30.3 Å². The molecule has 0 atom stereocenters. The molecule has 0 aliphatic carbocycles. The van der Waals surface area contributed by atoms with E-state index in [4.69, 9.17) is 4.79 Å². The molecule has 1 radical (unpaired) electrons. The van der Waals surface area contributed by atoms with Crippen molar-refractivity contribution in [3.63, 3.8) is 0 Å². The van der Waals surface area contributed by atoms with Gasteiger partial charge in [-0.25, -0.2) is 12.1 Å². The second-order valence-corrected chi connectivity index (χ2v) is 0.962. The molecule has 0 aliphatic rings. The number of rotatable bonds is 0. The molecule has 0 aromatic heterocycles. The van der Waals surface area contributed by atoms with Gasteiger partial charge in [0.15, 0.2) is 0 Å². The summed E-state index contributed by atoms with van der Waals surface area (Å²) in [6.07, 6.45) is 0. The number of carbonyl (C=O) groups excluding carboxylic acids is 1. The van der Waals surface area contributed by atoms with Crippen LogP contribution in [-0.4, -0.2) is 6.79 Å². The minimum atomic E-state index is 0. The van der Waals surface area contributed by atoms with Crippen molar-refractivity contribution in [1.29, 1.82) is 0 Å². The number of hydrogen-bond donors (Lipinski definition) is 0. The molecule has 0 spiro atoms. The summed E-state index contributed by atoms with van der Waals surface area (Å²) in [5.74, 6) is 0. The van der Waals surface area contributed by atoms with Crippen LogP contribution in [0, 0.1) is 0 Å². The van der Waals surface area contributed by atoms with Crippen LogP contribution in [0.4, 0.5) is 0 Å². The van der Waals surface area contributed by atoms with E-state index in [0.717, 1.165) is 0 Å². The minimum Gasteiger partial charge on any atom is -0.545 e. The monoisotopic (exact) mass is 281 g/mol. The van der Waals surface area contributed by atoms with Crippen LogP contribution < -0.4 is 0 Å². The largest absolute Gasteiger partial charge is 0.545 e. The first-order chi connectivity index (χ1) is 3.50. The van der Waals surface area contributed by atoms with Crippen molar-refractivity contribution in [2.75, 3.05) is 0 Å². The first-order valence-corrected chi connectivity index (χ1v) is 1.90. The van der Waals surface area contributed by atoms with Crippen molar-refractivity contribution in [2.45, 2.75) is 0 Å². The molecule has 0 bridgehead atoms. The van der Waals surface area contributed by atoms with Crippen LogP contribution in [0.3, 0.4) is 0 Å². The van der Waals surface area contributed by atoms with E-state index in [2.05, 4.69) is 6.79 Å². The van der Waals surface area contributed by atoms with E-state index in [1.807, 2.05) is 30.3 Å². The Balaban J connectivity index is 0. The van der Waals surface area contributed by atoms with Crippen LogP contribution in [0.1, 0.15) is 0 Å². The van der Waals surface area contributed by atoms with Gasteiger partial charge in [-0.3, -0.25) is 6.79 Å². The van der Waals surface area contributed by atoms with E-state index >= 15 is 0 Å². The van der Waals surface area contributed by atoms with Gasteiger partial charge in [0.1, 0.15) is 0 Å². The molecule has 0 amide bonds. The molecule has 1 aromatic carbocycles. The maximum Gasteiger partial charge on any atom is 0 e. The zero-order valence-electron chi connectivity index (χ0n) is 4.25. The van der Waals surface area contributed by atoms with Gasteiger partial charge in [-0.15, -0.1) is 0 Å². The van der Waals surface area contributed by atoms with Crippen LogP contribution in [0.25, 0.3) is 0 Å². The third-order valence-electron chi connectivity index (χ3n) is 0.556. The fraction of sp³-hybridized carbons (Fsp3) is 0. The second kappa shape index (κ2) is 9.84. The zero-order chi connectivity index (χ0) is 5.54. The summed E-state index contributed by atoms with van der Waals surface area (Å²) in [5.41, 5.74) is 0. The fourth-order valence-corrected chi connectivity index (χ4v) is 0.321. The maximum absolute atomic E-state index is 7.75. The van der Waals surface area contributed by atoms with Crippen LogP contribution in [0.2, 0.25) is 0 Å². The molecule has 0 saturated heterocycles. The Hall–Kier alpha value is -0.318. The topological polar surface area (TPSA) is 17.1 Å². The standard InChI is InChI=1S/C5H5.CHO.Re/c1-2-4-5-3-1;1-2;/h1-5H;1H;/q2*-1;. The number of hydrogen-bond acceptors (Lipinski definition) is 1. The Morgan fingerprint density at radius 2 is 1.50 bits per heavy atom. The van der Waals surface area contributed by atoms with Gasteiger partial charge in [0.05, 0.1) is 0 Å². The summed E-state index contributed by atoms with van der Waals surface area (Å²) in [5, 5.41) is 0. The molecule has 2 heteroatoms. The van der Waals surface area contributed by atoms with Crippen molar-refractivity contribution in [3.05, 3.63) is 30.3 Å². The molecule has 0 N–H and O–H groups in total.